The van der Waals surface area contributed by atoms with E-state index in [1.165, 1.54) is 12.8 Å². The molecule has 1 aliphatic carbocycles. The lowest BCUT2D eigenvalue weighted by atomic mass is 9.96. The maximum absolute atomic E-state index is 11.9. The molecular formula is C11H19N5O2. The van der Waals surface area contributed by atoms with Gasteiger partial charge >= 0.3 is 0 Å². The molecule has 0 aliphatic heterocycles. The lowest BCUT2D eigenvalue weighted by Gasteiger charge is -2.36. The molecule has 0 saturated heterocycles. The summed E-state index contributed by atoms with van der Waals surface area (Å²) in [4.78, 5) is 14.1. The number of amides is 1. The molecule has 0 unspecified atom stereocenters. The smallest absolute Gasteiger partial charge is 0.277 e. The lowest BCUT2D eigenvalue weighted by Crippen LogP contribution is -2.50. The van der Waals surface area contributed by atoms with Crippen LogP contribution in [-0.4, -0.2) is 47.3 Å². The number of rotatable bonds is 4. The minimum absolute atomic E-state index is 0.0258. The number of nitrogens with one attached hydrogen (secondary N) is 1. The molecule has 1 aromatic rings. The van der Waals surface area contributed by atoms with Gasteiger partial charge in [-0.3, -0.25) is 4.79 Å². The second-order valence-corrected chi connectivity index (χ2v) is 5.01. The van der Waals surface area contributed by atoms with E-state index in [9.17, 15) is 4.79 Å². The van der Waals surface area contributed by atoms with E-state index < -0.39 is 0 Å². The highest BCUT2D eigenvalue weighted by Crippen LogP contribution is 2.33. The third-order valence-corrected chi connectivity index (χ3v) is 3.79. The molecule has 7 heteroatoms. The summed E-state index contributed by atoms with van der Waals surface area (Å²) >= 11 is 0. The average molecular weight is 253 g/mol. The van der Waals surface area contributed by atoms with Crippen molar-refractivity contribution in [1.29, 1.82) is 0 Å². The number of carbonyl (C=O) groups is 1. The molecule has 18 heavy (non-hydrogen) atoms. The Labute approximate surface area is 106 Å². The summed E-state index contributed by atoms with van der Waals surface area (Å²) in [5.41, 5.74) is 5.58. The molecule has 0 bridgehead atoms. The first-order valence-electron chi connectivity index (χ1n) is 6.09. The first kappa shape index (κ1) is 12.8. The van der Waals surface area contributed by atoms with Gasteiger partial charge in [0.05, 0.1) is 0 Å². The molecule has 1 saturated carbocycles. The van der Waals surface area contributed by atoms with Crippen LogP contribution >= 0.6 is 0 Å². The van der Waals surface area contributed by atoms with Crippen LogP contribution in [0.15, 0.2) is 4.63 Å². The zero-order valence-electron chi connectivity index (χ0n) is 10.8. The van der Waals surface area contributed by atoms with Gasteiger partial charge in [0.1, 0.15) is 0 Å². The molecule has 1 heterocycles. The fourth-order valence-electron chi connectivity index (χ4n) is 2.50. The number of hydrogen-bond acceptors (Lipinski definition) is 6. The SMILES string of the molecule is CN(C)C1(CNC(=O)c2nonc2N)CCCC1. The molecular weight excluding hydrogens is 234 g/mol. The molecule has 0 aromatic carbocycles. The van der Waals surface area contributed by atoms with Gasteiger partial charge < -0.3 is 16.0 Å². The normalized spacial score (nSPS) is 18.2. The minimum atomic E-state index is -0.332. The van der Waals surface area contributed by atoms with Crippen molar-refractivity contribution >= 4 is 11.7 Å². The van der Waals surface area contributed by atoms with Crippen LogP contribution in [0.3, 0.4) is 0 Å². The number of carbonyl (C=O) groups excluding carboxylic acids is 1. The second kappa shape index (κ2) is 4.93. The molecule has 1 aliphatic rings. The summed E-state index contributed by atoms with van der Waals surface area (Å²) in [5.74, 6) is -0.306. The summed E-state index contributed by atoms with van der Waals surface area (Å²) in [6.07, 6.45) is 4.57. The van der Waals surface area contributed by atoms with Crippen molar-refractivity contribution in [2.75, 3.05) is 26.4 Å². The zero-order valence-corrected chi connectivity index (χ0v) is 10.8. The topological polar surface area (TPSA) is 97.3 Å². The fourth-order valence-corrected chi connectivity index (χ4v) is 2.50. The van der Waals surface area contributed by atoms with E-state index in [1.54, 1.807) is 0 Å². The van der Waals surface area contributed by atoms with Crippen molar-refractivity contribution in [2.24, 2.45) is 0 Å². The summed E-state index contributed by atoms with van der Waals surface area (Å²) in [6.45, 7) is 0.588. The Morgan fingerprint density at radius 3 is 2.61 bits per heavy atom. The van der Waals surface area contributed by atoms with Crippen LogP contribution in [0, 0.1) is 0 Å². The van der Waals surface area contributed by atoms with Gasteiger partial charge in [-0.2, -0.15) is 0 Å². The van der Waals surface area contributed by atoms with Crippen LogP contribution in [0.4, 0.5) is 5.82 Å². The number of nitrogens with two attached hydrogens (primary N) is 1. The Kier molecular flexibility index (Phi) is 3.51. The van der Waals surface area contributed by atoms with Gasteiger partial charge in [0, 0.05) is 12.1 Å². The molecule has 100 valence electrons. The van der Waals surface area contributed by atoms with Gasteiger partial charge in [0.25, 0.3) is 5.91 Å². The van der Waals surface area contributed by atoms with Gasteiger partial charge in [-0.05, 0) is 37.3 Å². The standard InChI is InChI=1S/C11H19N5O2/c1-16(2)11(5-3-4-6-11)7-13-10(17)8-9(12)15-18-14-8/h3-7H2,1-2H3,(H2,12,15)(H,13,17). The van der Waals surface area contributed by atoms with E-state index in [1.807, 2.05) is 14.1 Å². The zero-order chi connectivity index (χ0) is 13.2. The molecule has 0 atom stereocenters. The second-order valence-electron chi connectivity index (χ2n) is 5.01. The number of anilines is 1. The average Bonchev–Trinajstić information content (AvgIpc) is 2.95. The highest BCUT2D eigenvalue weighted by atomic mass is 16.6. The Morgan fingerprint density at radius 1 is 1.44 bits per heavy atom. The predicted molar refractivity (Wildman–Crippen MR) is 65.9 cm³/mol. The monoisotopic (exact) mass is 253 g/mol. The summed E-state index contributed by atoms with van der Waals surface area (Å²) < 4.78 is 4.41. The number of hydrogen-bond donors (Lipinski definition) is 2. The third-order valence-electron chi connectivity index (χ3n) is 3.79. The molecule has 1 fully saturated rings. The molecule has 0 spiro atoms. The van der Waals surface area contributed by atoms with E-state index in [-0.39, 0.29) is 23.0 Å². The van der Waals surface area contributed by atoms with Crippen LogP contribution in [0.1, 0.15) is 36.2 Å². The van der Waals surface area contributed by atoms with Crippen LogP contribution in [0.2, 0.25) is 0 Å². The lowest BCUT2D eigenvalue weighted by molar-refractivity contribution is 0.0891. The van der Waals surface area contributed by atoms with Crippen LogP contribution in [0.25, 0.3) is 0 Å². The maximum Gasteiger partial charge on any atom is 0.277 e. The maximum atomic E-state index is 11.9. The first-order chi connectivity index (χ1) is 8.55. The number of aromatic nitrogens is 2. The van der Waals surface area contributed by atoms with E-state index in [0.717, 1.165) is 12.8 Å². The van der Waals surface area contributed by atoms with Crippen LogP contribution < -0.4 is 11.1 Å². The largest absolute Gasteiger partial charge is 0.379 e. The van der Waals surface area contributed by atoms with E-state index in [2.05, 4.69) is 25.2 Å². The summed E-state index contributed by atoms with van der Waals surface area (Å²) in [5, 5.41) is 9.75. The first-order valence-corrected chi connectivity index (χ1v) is 6.09. The third kappa shape index (κ3) is 2.31. The predicted octanol–water partition coefficient (Wildman–Crippen LogP) is 0.256. The van der Waals surface area contributed by atoms with Gasteiger partial charge in [-0.15, -0.1) is 0 Å². The highest BCUT2D eigenvalue weighted by molar-refractivity contribution is 5.96. The van der Waals surface area contributed by atoms with Crippen molar-refractivity contribution in [2.45, 2.75) is 31.2 Å². The van der Waals surface area contributed by atoms with Crippen LogP contribution in [-0.2, 0) is 0 Å². The number of likely N-dealkylation sites (N-methyl/N-ethyl adjacent to an activating group) is 1. The van der Waals surface area contributed by atoms with Crippen molar-refractivity contribution in [3.8, 4) is 0 Å². The van der Waals surface area contributed by atoms with E-state index in [0.29, 0.717) is 6.54 Å². The number of nitrogens with zero attached hydrogens (tertiary/aromatic N) is 3. The Bertz CT molecular complexity index is 423. The molecule has 0 radical (unpaired) electrons. The van der Waals surface area contributed by atoms with Crippen molar-refractivity contribution < 1.29 is 9.42 Å². The number of nitrogen functional groups attached to an aromatic ring is 1. The Hall–Kier alpha value is -1.63. The minimum Gasteiger partial charge on any atom is -0.379 e. The van der Waals surface area contributed by atoms with Gasteiger partial charge in [0.15, 0.2) is 0 Å². The van der Waals surface area contributed by atoms with E-state index >= 15 is 0 Å². The molecule has 1 amide bonds. The van der Waals surface area contributed by atoms with Crippen LogP contribution in [0.5, 0.6) is 0 Å². The Balaban J connectivity index is 1.98. The van der Waals surface area contributed by atoms with Crippen molar-refractivity contribution in [1.82, 2.24) is 20.5 Å². The summed E-state index contributed by atoms with van der Waals surface area (Å²) in [7, 11) is 4.09. The van der Waals surface area contributed by atoms with Crippen molar-refractivity contribution in [3.05, 3.63) is 5.69 Å². The van der Waals surface area contributed by atoms with Gasteiger partial charge in [0.2, 0.25) is 11.5 Å². The quantitative estimate of drug-likeness (QED) is 0.798. The Morgan fingerprint density at radius 2 is 2.11 bits per heavy atom. The molecule has 7 nitrogen and oxygen atoms in total. The summed E-state index contributed by atoms with van der Waals surface area (Å²) in [6, 6.07) is 0. The highest BCUT2D eigenvalue weighted by Gasteiger charge is 2.36. The van der Waals surface area contributed by atoms with Gasteiger partial charge in [-0.25, -0.2) is 4.63 Å². The molecule has 1 aromatic heterocycles. The molecule has 2 rings (SSSR count). The fraction of sp³-hybridized carbons (Fsp3) is 0.727. The van der Waals surface area contributed by atoms with Crippen molar-refractivity contribution in [3.63, 3.8) is 0 Å². The van der Waals surface area contributed by atoms with E-state index in [4.69, 9.17) is 5.73 Å². The van der Waals surface area contributed by atoms with Gasteiger partial charge in [-0.1, -0.05) is 12.8 Å². The molecule has 3 N–H and O–H groups in total.